The third-order valence-electron chi connectivity index (χ3n) is 6.26. The Morgan fingerprint density at radius 2 is 1.94 bits per heavy atom. The summed E-state index contributed by atoms with van der Waals surface area (Å²) in [5.41, 5.74) is 4.61. The average Bonchev–Trinajstić information content (AvgIpc) is 3.54. The molecule has 3 heterocycles. The number of rotatable bonds is 6. The first-order valence-corrected chi connectivity index (χ1v) is 11.4. The summed E-state index contributed by atoms with van der Waals surface area (Å²) in [4.78, 5) is 27.5. The van der Waals surface area contributed by atoms with Crippen molar-refractivity contribution in [1.82, 2.24) is 10.2 Å². The lowest BCUT2D eigenvalue weighted by atomic mass is 10.1. The van der Waals surface area contributed by atoms with Crippen LogP contribution in [-0.2, 0) is 4.79 Å². The largest absolute Gasteiger partial charge is 0.456 e. The highest BCUT2D eigenvalue weighted by molar-refractivity contribution is 6.34. The Bertz CT molecular complexity index is 1230. The van der Waals surface area contributed by atoms with Gasteiger partial charge in [0.25, 0.3) is 11.8 Å². The van der Waals surface area contributed by atoms with Crippen LogP contribution in [0.3, 0.4) is 0 Å². The lowest BCUT2D eigenvalue weighted by molar-refractivity contribution is -0.110. The highest BCUT2D eigenvalue weighted by Gasteiger charge is 2.24. The van der Waals surface area contributed by atoms with Crippen molar-refractivity contribution in [3.8, 4) is 11.3 Å². The van der Waals surface area contributed by atoms with E-state index in [9.17, 15) is 9.59 Å². The molecule has 2 aliphatic heterocycles. The lowest BCUT2D eigenvalue weighted by Gasteiger charge is -2.14. The number of nitrogens with zero attached hydrogens (tertiary/aromatic N) is 1. The van der Waals surface area contributed by atoms with Gasteiger partial charge in [0, 0.05) is 35.5 Å². The summed E-state index contributed by atoms with van der Waals surface area (Å²) in [6.07, 6.45) is 4.28. The monoisotopic (exact) mass is 441 g/mol. The Morgan fingerprint density at radius 1 is 1.12 bits per heavy atom. The van der Waals surface area contributed by atoms with E-state index >= 15 is 0 Å². The zero-order chi connectivity index (χ0) is 22.8. The molecule has 3 aromatic rings. The molecule has 6 heteroatoms. The summed E-state index contributed by atoms with van der Waals surface area (Å²) in [7, 11) is 0. The molecule has 0 unspecified atom stereocenters. The molecule has 2 aliphatic rings. The fourth-order valence-corrected chi connectivity index (χ4v) is 4.44. The average molecular weight is 442 g/mol. The first kappa shape index (κ1) is 21.2. The van der Waals surface area contributed by atoms with Gasteiger partial charge in [-0.2, -0.15) is 0 Å². The fraction of sp³-hybridized carbons (Fsp3) is 0.259. The van der Waals surface area contributed by atoms with Gasteiger partial charge in [0.2, 0.25) is 0 Å². The van der Waals surface area contributed by atoms with Crippen LogP contribution >= 0.6 is 0 Å². The van der Waals surface area contributed by atoms with Crippen LogP contribution in [0.15, 0.2) is 59.0 Å². The SMILES string of the molecule is Cc1cc(-c2cccc(C(=O)NCCN3CCCC3)c2)oc1/C=C1/C(=O)Nc2ccccc21. The van der Waals surface area contributed by atoms with Crippen LogP contribution in [0.2, 0.25) is 0 Å². The molecule has 1 aromatic heterocycles. The van der Waals surface area contributed by atoms with E-state index in [2.05, 4.69) is 15.5 Å². The number of carbonyl (C=O) groups excluding carboxylic acids is 2. The van der Waals surface area contributed by atoms with Gasteiger partial charge >= 0.3 is 0 Å². The Hall–Kier alpha value is -3.64. The third-order valence-corrected chi connectivity index (χ3v) is 6.26. The number of likely N-dealkylation sites (tertiary alicyclic amines) is 1. The minimum absolute atomic E-state index is 0.0825. The second-order valence-electron chi connectivity index (χ2n) is 8.60. The first-order chi connectivity index (χ1) is 16.1. The second-order valence-corrected chi connectivity index (χ2v) is 8.60. The van der Waals surface area contributed by atoms with Crippen LogP contribution < -0.4 is 10.6 Å². The Labute approximate surface area is 193 Å². The molecule has 168 valence electrons. The molecule has 5 rings (SSSR count). The van der Waals surface area contributed by atoms with Gasteiger partial charge in [-0.05, 0) is 68.8 Å². The maximum atomic E-state index is 12.6. The molecule has 0 radical (unpaired) electrons. The number of hydrogen-bond acceptors (Lipinski definition) is 4. The van der Waals surface area contributed by atoms with Crippen molar-refractivity contribution in [2.75, 3.05) is 31.5 Å². The number of anilines is 1. The summed E-state index contributed by atoms with van der Waals surface area (Å²) in [5.74, 6) is 1.08. The molecule has 2 aromatic carbocycles. The quantitative estimate of drug-likeness (QED) is 0.550. The van der Waals surface area contributed by atoms with Gasteiger partial charge in [0.15, 0.2) is 0 Å². The Kier molecular flexibility index (Phi) is 5.84. The molecule has 1 saturated heterocycles. The van der Waals surface area contributed by atoms with E-state index in [1.165, 1.54) is 12.8 Å². The molecular formula is C27H27N3O3. The molecule has 33 heavy (non-hydrogen) atoms. The first-order valence-electron chi connectivity index (χ1n) is 11.4. The van der Waals surface area contributed by atoms with E-state index in [0.29, 0.717) is 29.2 Å². The van der Waals surface area contributed by atoms with Crippen molar-refractivity contribution in [3.63, 3.8) is 0 Å². The smallest absolute Gasteiger partial charge is 0.256 e. The number of nitrogens with one attached hydrogen (secondary N) is 2. The van der Waals surface area contributed by atoms with Crippen LogP contribution in [0.4, 0.5) is 5.69 Å². The van der Waals surface area contributed by atoms with Gasteiger partial charge in [-0.3, -0.25) is 9.59 Å². The highest BCUT2D eigenvalue weighted by atomic mass is 16.3. The summed E-state index contributed by atoms with van der Waals surface area (Å²) in [6, 6.07) is 17.0. The van der Waals surface area contributed by atoms with Gasteiger partial charge in [-0.15, -0.1) is 0 Å². The molecule has 2 N–H and O–H groups in total. The van der Waals surface area contributed by atoms with Crippen LogP contribution in [0.5, 0.6) is 0 Å². The van der Waals surface area contributed by atoms with Gasteiger partial charge < -0.3 is 20.0 Å². The van der Waals surface area contributed by atoms with Crippen molar-refractivity contribution >= 4 is 29.2 Å². The minimum atomic E-state index is -0.138. The van der Waals surface area contributed by atoms with Crippen molar-refractivity contribution in [2.24, 2.45) is 0 Å². The number of para-hydroxylation sites is 1. The van der Waals surface area contributed by atoms with Crippen molar-refractivity contribution < 1.29 is 14.0 Å². The maximum Gasteiger partial charge on any atom is 0.256 e. The molecular weight excluding hydrogens is 414 g/mol. The Morgan fingerprint density at radius 3 is 2.79 bits per heavy atom. The summed E-state index contributed by atoms with van der Waals surface area (Å²) in [5, 5.41) is 5.90. The summed E-state index contributed by atoms with van der Waals surface area (Å²) >= 11 is 0. The van der Waals surface area contributed by atoms with Crippen molar-refractivity contribution in [1.29, 1.82) is 0 Å². The van der Waals surface area contributed by atoms with E-state index in [1.807, 2.05) is 61.5 Å². The minimum Gasteiger partial charge on any atom is -0.456 e. The van der Waals surface area contributed by atoms with E-state index in [0.717, 1.165) is 42.0 Å². The van der Waals surface area contributed by atoms with Gasteiger partial charge in [0.1, 0.15) is 11.5 Å². The number of aryl methyl sites for hydroxylation is 1. The molecule has 1 fully saturated rings. The third kappa shape index (κ3) is 4.47. The number of fused-ring (bicyclic) bond motifs is 1. The molecule has 0 saturated carbocycles. The molecule has 2 amide bonds. The predicted molar refractivity (Wildman–Crippen MR) is 130 cm³/mol. The van der Waals surface area contributed by atoms with E-state index in [4.69, 9.17) is 4.42 Å². The highest BCUT2D eigenvalue weighted by Crippen LogP contribution is 2.35. The van der Waals surface area contributed by atoms with Gasteiger partial charge in [0.05, 0.1) is 5.57 Å². The van der Waals surface area contributed by atoms with Crippen LogP contribution in [0, 0.1) is 6.92 Å². The van der Waals surface area contributed by atoms with Crippen LogP contribution in [-0.4, -0.2) is 42.9 Å². The predicted octanol–water partition coefficient (Wildman–Crippen LogP) is 4.57. The van der Waals surface area contributed by atoms with E-state index in [-0.39, 0.29) is 11.8 Å². The van der Waals surface area contributed by atoms with Gasteiger partial charge in [-0.1, -0.05) is 30.3 Å². The second kappa shape index (κ2) is 9.08. The fourth-order valence-electron chi connectivity index (χ4n) is 4.44. The van der Waals surface area contributed by atoms with Crippen LogP contribution in [0.25, 0.3) is 23.0 Å². The van der Waals surface area contributed by atoms with Crippen molar-refractivity contribution in [3.05, 3.63) is 77.0 Å². The molecule has 0 spiro atoms. The van der Waals surface area contributed by atoms with Crippen molar-refractivity contribution in [2.45, 2.75) is 19.8 Å². The normalized spacial score (nSPS) is 16.8. The summed E-state index contributed by atoms with van der Waals surface area (Å²) in [6.45, 7) is 5.72. The summed E-state index contributed by atoms with van der Waals surface area (Å²) < 4.78 is 6.11. The van der Waals surface area contributed by atoms with E-state index in [1.54, 1.807) is 6.08 Å². The zero-order valence-corrected chi connectivity index (χ0v) is 18.7. The number of carbonyl (C=O) groups is 2. The standard InChI is InChI=1S/C27H27N3O3/c1-18-15-25(33-24(18)17-22-21-9-2-3-10-23(21)29-27(22)32)19-7-6-8-20(16-19)26(31)28-11-14-30-12-4-5-13-30/h2-3,6-10,15-17H,4-5,11-14H2,1H3,(H,28,31)(H,29,32)/b22-17+. The molecule has 0 bridgehead atoms. The molecule has 0 atom stereocenters. The van der Waals surface area contributed by atoms with Gasteiger partial charge in [-0.25, -0.2) is 0 Å². The number of benzene rings is 2. The topological polar surface area (TPSA) is 74.6 Å². The number of amides is 2. The number of hydrogen-bond donors (Lipinski definition) is 2. The molecule has 0 aliphatic carbocycles. The Balaban J connectivity index is 1.33. The van der Waals surface area contributed by atoms with E-state index < -0.39 is 0 Å². The zero-order valence-electron chi connectivity index (χ0n) is 18.7. The number of furan rings is 1. The lowest BCUT2D eigenvalue weighted by Crippen LogP contribution is -2.33. The molecule has 6 nitrogen and oxygen atoms in total. The maximum absolute atomic E-state index is 12.6. The van der Waals surface area contributed by atoms with Crippen LogP contribution in [0.1, 0.15) is 40.1 Å².